The molecule has 1 N–H and O–H groups in total. The average molecular weight is 273 g/mol. The first-order valence-electron chi connectivity index (χ1n) is 5.85. The van der Waals surface area contributed by atoms with Crippen molar-refractivity contribution in [2.24, 2.45) is 0 Å². The van der Waals surface area contributed by atoms with Crippen molar-refractivity contribution in [3.05, 3.63) is 59.9 Å². The molecular formula is C15H12FNO3. The predicted molar refractivity (Wildman–Crippen MR) is 72.4 cm³/mol. The smallest absolute Gasteiger partial charge is 0.296 e. The van der Waals surface area contributed by atoms with Crippen LogP contribution < -0.4 is 10.1 Å². The minimum Gasteiger partial charge on any atom is -0.497 e. The van der Waals surface area contributed by atoms with Gasteiger partial charge >= 0.3 is 0 Å². The maximum atomic E-state index is 13.0. The summed E-state index contributed by atoms with van der Waals surface area (Å²) in [6.07, 6.45) is 0. The van der Waals surface area contributed by atoms with E-state index in [1.54, 1.807) is 12.1 Å². The number of ketones is 1. The molecule has 2 aromatic carbocycles. The predicted octanol–water partition coefficient (Wildman–Crippen LogP) is 2.66. The molecule has 0 saturated carbocycles. The number of hydrogen-bond acceptors (Lipinski definition) is 3. The molecule has 0 radical (unpaired) electrons. The first kappa shape index (κ1) is 13.7. The largest absolute Gasteiger partial charge is 0.497 e. The summed E-state index contributed by atoms with van der Waals surface area (Å²) in [5, 5.41) is 2.35. The van der Waals surface area contributed by atoms with Crippen LogP contribution in [-0.4, -0.2) is 18.8 Å². The van der Waals surface area contributed by atoms with Crippen molar-refractivity contribution in [2.75, 3.05) is 12.4 Å². The van der Waals surface area contributed by atoms with E-state index >= 15 is 0 Å². The lowest BCUT2D eigenvalue weighted by molar-refractivity contribution is -0.112. The number of methoxy groups -OCH3 is 1. The second-order valence-electron chi connectivity index (χ2n) is 4.02. The summed E-state index contributed by atoms with van der Waals surface area (Å²) in [6, 6.07) is 11.5. The van der Waals surface area contributed by atoms with Gasteiger partial charge in [-0.3, -0.25) is 9.59 Å². The Morgan fingerprint density at radius 1 is 1.10 bits per heavy atom. The van der Waals surface area contributed by atoms with Gasteiger partial charge in [0.05, 0.1) is 7.11 Å². The van der Waals surface area contributed by atoms with E-state index in [0.29, 0.717) is 5.75 Å². The lowest BCUT2D eigenvalue weighted by atomic mass is 10.1. The maximum Gasteiger partial charge on any atom is 0.296 e. The molecule has 0 aromatic heterocycles. The van der Waals surface area contributed by atoms with E-state index in [9.17, 15) is 14.0 Å². The van der Waals surface area contributed by atoms with Gasteiger partial charge in [0.25, 0.3) is 11.7 Å². The molecule has 20 heavy (non-hydrogen) atoms. The first-order chi connectivity index (χ1) is 9.60. The van der Waals surface area contributed by atoms with E-state index in [0.717, 1.165) is 6.07 Å². The second-order valence-corrected chi connectivity index (χ2v) is 4.02. The number of nitrogens with one attached hydrogen (secondary N) is 1. The molecule has 0 atom stereocenters. The minimum atomic E-state index is -0.819. The lowest BCUT2D eigenvalue weighted by Crippen LogP contribution is -2.22. The van der Waals surface area contributed by atoms with Gasteiger partial charge in [0.15, 0.2) is 0 Å². The standard InChI is InChI=1S/C15H12FNO3/c1-20-13-7-5-10(6-8-13)14(18)15(19)17-12-4-2-3-11(16)9-12/h2-9H,1H3,(H,17,19). The Balaban J connectivity index is 2.10. The SMILES string of the molecule is COc1ccc(C(=O)C(=O)Nc2cccc(F)c2)cc1. The average Bonchev–Trinajstić information content (AvgIpc) is 2.46. The highest BCUT2D eigenvalue weighted by Crippen LogP contribution is 2.13. The molecule has 0 saturated heterocycles. The normalized spacial score (nSPS) is 9.90. The van der Waals surface area contributed by atoms with Gasteiger partial charge in [-0.05, 0) is 42.5 Å². The third-order valence-electron chi connectivity index (χ3n) is 2.64. The van der Waals surface area contributed by atoms with Crippen LogP contribution in [0.4, 0.5) is 10.1 Å². The first-order valence-corrected chi connectivity index (χ1v) is 5.85. The van der Waals surface area contributed by atoms with E-state index in [-0.39, 0.29) is 11.3 Å². The molecule has 2 aromatic rings. The third kappa shape index (κ3) is 3.20. The van der Waals surface area contributed by atoms with Crippen LogP contribution in [0.3, 0.4) is 0 Å². The van der Waals surface area contributed by atoms with Gasteiger partial charge in [0.2, 0.25) is 0 Å². The molecule has 0 bridgehead atoms. The number of rotatable bonds is 4. The summed E-state index contributed by atoms with van der Waals surface area (Å²) < 4.78 is 17.9. The molecule has 1 amide bonds. The molecule has 0 aliphatic heterocycles. The summed E-state index contributed by atoms with van der Waals surface area (Å²) in [4.78, 5) is 23.7. The zero-order chi connectivity index (χ0) is 14.5. The Morgan fingerprint density at radius 3 is 2.40 bits per heavy atom. The fraction of sp³-hybridized carbons (Fsp3) is 0.0667. The maximum absolute atomic E-state index is 13.0. The van der Waals surface area contributed by atoms with E-state index in [1.807, 2.05) is 0 Å². The fourth-order valence-corrected chi connectivity index (χ4v) is 1.63. The van der Waals surface area contributed by atoms with Crippen molar-refractivity contribution in [3.8, 4) is 5.75 Å². The van der Waals surface area contributed by atoms with Gasteiger partial charge in [-0.15, -0.1) is 0 Å². The molecule has 5 heteroatoms. The molecule has 4 nitrogen and oxygen atoms in total. The number of amides is 1. The van der Waals surface area contributed by atoms with Crippen LogP contribution >= 0.6 is 0 Å². The van der Waals surface area contributed by atoms with Crippen molar-refractivity contribution >= 4 is 17.4 Å². The Morgan fingerprint density at radius 2 is 1.80 bits per heavy atom. The number of Topliss-reactive ketones (excluding diaryl/α,β-unsaturated/α-hetero) is 1. The van der Waals surface area contributed by atoms with Crippen molar-refractivity contribution in [1.29, 1.82) is 0 Å². The highest BCUT2D eigenvalue weighted by Gasteiger charge is 2.16. The number of halogens is 1. The van der Waals surface area contributed by atoms with Gasteiger partial charge in [0.1, 0.15) is 11.6 Å². The van der Waals surface area contributed by atoms with Crippen LogP contribution in [0, 0.1) is 5.82 Å². The Kier molecular flexibility index (Phi) is 4.10. The summed E-state index contributed by atoms with van der Waals surface area (Å²) in [7, 11) is 1.51. The molecule has 0 aliphatic rings. The van der Waals surface area contributed by atoms with Crippen LogP contribution in [0.1, 0.15) is 10.4 Å². The zero-order valence-electron chi connectivity index (χ0n) is 10.7. The molecule has 0 aliphatic carbocycles. The number of benzene rings is 2. The molecule has 102 valence electrons. The summed E-state index contributed by atoms with van der Waals surface area (Å²) >= 11 is 0. The zero-order valence-corrected chi connectivity index (χ0v) is 10.7. The summed E-state index contributed by atoms with van der Waals surface area (Å²) in [5.41, 5.74) is 0.469. The molecule has 0 heterocycles. The van der Waals surface area contributed by atoms with Gasteiger partial charge in [0, 0.05) is 11.3 Å². The van der Waals surface area contributed by atoms with E-state index < -0.39 is 17.5 Å². The number of anilines is 1. The number of carbonyl (C=O) groups is 2. The van der Waals surface area contributed by atoms with Crippen LogP contribution in [0.25, 0.3) is 0 Å². The van der Waals surface area contributed by atoms with Crippen molar-refractivity contribution in [1.82, 2.24) is 0 Å². The van der Waals surface area contributed by atoms with Crippen molar-refractivity contribution < 1.29 is 18.7 Å². The van der Waals surface area contributed by atoms with Crippen molar-refractivity contribution in [3.63, 3.8) is 0 Å². The summed E-state index contributed by atoms with van der Waals surface area (Å²) in [5.74, 6) is -1.41. The minimum absolute atomic E-state index is 0.233. The van der Waals surface area contributed by atoms with E-state index in [2.05, 4.69) is 5.32 Å². The van der Waals surface area contributed by atoms with Crippen molar-refractivity contribution in [2.45, 2.75) is 0 Å². The molecule has 0 spiro atoms. The highest BCUT2D eigenvalue weighted by atomic mass is 19.1. The quantitative estimate of drug-likeness (QED) is 0.688. The van der Waals surface area contributed by atoms with Crippen LogP contribution in [0.15, 0.2) is 48.5 Å². The van der Waals surface area contributed by atoms with Gasteiger partial charge in [-0.1, -0.05) is 6.07 Å². The summed E-state index contributed by atoms with van der Waals surface area (Å²) in [6.45, 7) is 0. The Hall–Kier alpha value is -2.69. The van der Waals surface area contributed by atoms with Crippen LogP contribution in [-0.2, 0) is 4.79 Å². The van der Waals surface area contributed by atoms with Gasteiger partial charge in [-0.2, -0.15) is 0 Å². The molecular weight excluding hydrogens is 261 g/mol. The Bertz CT molecular complexity index is 638. The van der Waals surface area contributed by atoms with Crippen LogP contribution in [0.2, 0.25) is 0 Å². The fourth-order valence-electron chi connectivity index (χ4n) is 1.63. The van der Waals surface area contributed by atoms with E-state index in [1.165, 1.54) is 37.4 Å². The Labute approximate surface area is 115 Å². The molecule has 2 rings (SSSR count). The molecule has 0 fully saturated rings. The number of carbonyl (C=O) groups excluding carboxylic acids is 2. The van der Waals surface area contributed by atoms with Gasteiger partial charge < -0.3 is 10.1 Å². The number of ether oxygens (including phenoxy) is 1. The topological polar surface area (TPSA) is 55.4 Å². The highest BCUT2D eigenvalue weighted by molar-refractivity contribution is 6.46. The van der Waals surface area contributed by atoms with E-state index in [4.69, 9.17) is 4.74 Å². The van der Waals surface area contributed by atoms with Gasteiger partial charge in [-0.25, -0.2) is 4.39 Å². The molecule has 0 unspecified atom stereocenters. The number of hydrogen-bond donors (Lipinski definition) is 1. The monoisotopic (exact) mass is 273 g/mol. The van der Waals surface area contributed by atoms with Crippen LogP contribution in [0.5, 0.6) is 5.75 Å². The second kappa shape index (κ2) is 5.97. The third-order valence-corrected chi connectivity index (χ3v) is 2.64. The lowest BCUT2D eigenvalue weighted by Gasteiger charge is -2.05.